The van der Waals surface area contributed by atoms with E-state index in [9.17, 15) is 0 Å². The van der Waals surface area contributed by atoms with Gasteiger partial charge in [-0.05, 0) is 41.8 Å². The van der Waals surface area contributed by atoms with Crippen LogP contribution in [-0.2, 0) is 0 Å². The van der Waals surface area contributed by atoms with Crippen molar-refractivity contribution >= 4 is 44.0 Å². The molecule has 152 valence electrons. The molecule has 1 heterocycles. The van der Waals surface area contributed by atoms with Gasteiger partial charge in [0.2, 0.25) is 0 Å². The normalized spacial score (nSPS) is 11.2. The van der Waals surface area contributed by atoms with Gasteiger partial charge in [0, 0.05) is 28.0 Å². The Morgan fingerprint density at radius 3 is 2.03 bits per heavy atom. The van der Waals surface area contributed by atoms with Crippen LogP contribution >= 0.6 is 0 Å². The maximum atomic E-state index is 4.19. The van der Waals surface area contributed by atoms with Gasteiger partial charge in [0.25, 0.3) is 0 Å². The second kappa shape index (κ2) is 7.44. The van der Waals surface area contributed by atoms with Crippen LogP contribution in [0, 0.1) is 0 Å². The largest absolute Gasteiger partial charge is 0.316 e. The van der Waals surface area contributed by atoms with Crippen LogP contribution in [0.15, 0.2) is 128 Å². The lowest BCUT2D eigenvalue weighted by molar-refractivity contribution is 1.18. The summed E-state index contributed by atoms with van der Waals surface area (Å²) in [6.45, 7) is 4.19. The minimum Gasteiger partial charge on any atom is -0.316 e. The van der Waals surface area contributed by atoms with Crippen molar-refractivity contribution in [1.82, 2.24) is 4.57 Å². The molecule has 1 aromatic heterocycles. The first kappa shape index (κ1) is 18.5. The third kappa shape index (κ3) is 2.74. The summed E-state index contributed by atoms with van der Waals surface area (Å²) in [6.07, 6.45) is 1.92. The highest BCUT2D eigenvalue weighted by Gasteiger charge is 2.18. The molecule has 0 saturated carbocycles. The summed E-state index contributed by atoms with van der Waals surface area (Å²) in [5.74, 6) is 0. The number of benzene rings is 5. The molecular weight excluding hydrogens is 388 g/mol. The lowest BCUT2D eigenvalue weighted by Crippen LogP contribution is -2.08. The van der Waals surface area contributed by atoms with Crippen molar-refractivity contribution in [3.8, 4) is 5.69 Å². The van der Waals surface area contributed by atoms with Gasteiger partial charge in [-0.25, -0.2) is 0 Å². The molecule has 0 atom stereocenters. The van der Waals surface area contributed by atoms with Gasteiger partial charge >= 0.3 is 0 Å². The third-order valence-corrected chi connectivity index (χ3v) is 6.16. The second-order valence-corrected chi connectivity index (χ2v) is 7.91. The number of rotatable bonds is 4. The zero-order valence-corrected chi connectivity index (χ0v) is 17.6. The van der Waals surface area contributed by atoms with Gasteiger partial charge in [-0.15, -0.1) is 0 Å². The molecule has 0 bridgehead atoms. The maximum Gasteiger partial charge on any atom is 0.0562 e. The van der Waals surface area contributed by atoms with E-state index in [1.807, 2.05) is 6.20 Å². The van der Waals surface area contributed by atoms with Crippen molar-refractivity contribution in [3.05, 3.63) is 128 Å². The summed E-state index contributed by atoms with van der Waals surface area (Å²) in [5.41, 5.74) is 5.79. The Balaban J connectivity index is 1.70. The molecule has 0 aliphatic rings. The zero-order valence-electron chi connectivity index (χ0n) is 17.6. The summed E-state index contributed by atoms with van der Waals surface area (Å²) in [7, 11) is 0. The van der Waals surface area contributed by atoms with E-state index in [0.717, 1.165) is 17.1 Å². The number of para-hydroxylation sites is 2. The first-order chi connectivity index (χ1) is 15.9. The van der Waals surface area contributed by atoms with E-state index in [4.69, 9.17) is 0 Å². The van der Waals surface area contributed by atoms with Gasteiger partial charge in [-0.3, -0.25) is 0 Å². The van der Waals surface area contributed by atoms with E-state index < -0.39 is 0 Å². The molecule has 6 rings (SSSR count). The van der Waals surface area contributed by atoms with Crippen molar-refractivity contribution in [1.29, 1.82) is 0 Å². The minimum atomic E-state index is 1.12. The molecule has 2 nitrogen and oxygen atoms in total. The lowest BCUT2D eigenvalue weighted by atomic mass is 10.1. The Bertz CT molecular complexity index is 1590. The molecule has 2 heteroatoms. The van der Waals surface area contributed by atoms with E-state index >= 15 is 0 Å². The molecule has 0 N–H and O–H groups in total. The molecule has 0 fully saturated rings. The van der Waals surface area contributed by atoms with Crippen molar-refractivity contribution in [2.24, 2.45) is 0 Å². The standard InChI is InChI=1S/C30H22N2/c1-2-31(26-19-10-13-22-12-6-7-16-24(22)26)28-20-11-21-29-30(28)25-17-8-9-18-27(25)32(29)23-14-4-3-5-15-23/h2-21H,1H2. The van der Waals surface area contributed by atoms with Gasteiger partial charge in [0.05, 0.1) is 22.4 Å². The fourth-order valence-electron chi connectivity index (χ4n) is 4.80. The van der Waals surface area contributed by atoms with Gasteiger partial charge < -0.3 is 9.47 Å². The predicted molar refractivity (Wildman–Crippen MR) is 137 cm³/mol. The van der Waals surface area contributed by atoms with Crippen LogP contribution in [0.2, 0.25) is 0 Å². The summed E-state index contributed by atoms with van der Waals surface area (Å²) in [5, 5.41) is 4.88. The summed E-state index contributed by atoms with van der Waals surface area (Å²) < 4.78 is 2.35. The highest BCUT2D eigenvalue weighted by molar-refractivity contribution is 6.16. The summed E-state index contributed by atoms with van der Waals surface area (Å²) in [6, 6.07) is 40.7. The van der Waals surface area contributed by atoms with Gasteiger partial charge in [0.15, 0.2) is 0 Å². The quantitative estimate of drug-likeness (QED) is 0.284. The van der Waals surface area contributed by atoms with E-state index in [1.165, 1.54) is 32.6 Å². The number of aromatic nitrogens is 1. The van der Waals surface area contributed by atoms with E-state index in [0.29, 0.717) is 0 Å². The Morgan fingerprint density at radius 1 is 0.562 bits per heavy atom. The molecule has 6 aromatic rings. The summed E-state index contributed by atoms with van der Waals surface area (Å²) in [4.78, 5) is 2.21. The fourth-order valence-corrected chi connectivity index (χ4v) is 4.80. The Morgan fingerprint density at radius 2 is 1.19 bits per heavy atom. The van der Waals surface area contributed by atoms with Gasteiger partial charge in [-0.2, -0.15) is 0 Å². The molecule has 0 spiro atoms. The molecule has 0 aliphatic heterocycles. The van der Waals surface area contributed by atoms with Crippen LogP contribution in [0.25, 0.3) is 38.3 Å². The topological polar surface area (TPSA) is 8.17 Å². The maximum absolute atomic E-state index is 4.19. The van der Waals surface area contributed by atoms with E-state index in [-0.39, 0.29) is 0 Å². The molecule has 0 amide bonds. The fraction of sp³-hybridized carbons (Fsp3) is 0. The van der Waals surface area contributed by atoms with Gasteiger partial charge in [0.1, 0.15) is 0 Å². The van der Waals surface area contributed by atoms with E-state index in [1.54, 1.807) is 0 Å². The number of fused-ring (bicyclic) bond motifs is 4. The average molecular weight is 411 g/mol. The lowest BCUT2D eigenvalue weighted by Gasteiger charge is -2.23. The number of anilines is 2. The Hall–Kier alpha value is -4.30. The monoisotopic (exact) mass is 410 g/mol. The SMILES string of the molecule is C=CN(c1cccc2ccccc12)c1cccc2c1c1ccccc1n2-c1ccccc1. The van der Waals surface area contributed by atoms with Crippen LogP contribution in [0.4, 0.5) is 11.4 Å². The molecule has 5 aromatic carbocycles. The van der Waals surface area contributed by atoms with E-state index in [2.05, 4.69) is 131 Å². The molecule has 32 heavy (non-hydrogen) atoms. The molecule has 0 aliphatic carbocycles. The highest BCUT2D eigenvalue weighted by Crippen LogP contribution is 2.41. The average Bonchev–Trinajstić information content (AvgIpc) is 3.20. The third-order valence-electron chi connectivity index (χ3n) is 6.16. The number of hydrogen-bond acceptors (Lipinski definition) is 1. The number of hydrogen-bond donors (Lipinski definition) is 0. The second-order valence-electron chi connectivity index (χ2n) is 7.91. The first-order valence-electron chi connectivity index (χ1n) is 10.8. The zero-order chi connectivity index (χ0) is 21.5. The Labute approximate surface area is 187 Å². The predicted octanol–water partition coefficient (Wildman–Crippen LogP) is 8.22. The van der Waals surface area contributed by atoms with Crippen LogP contribution in [-0.4, -0.2) is 4.57 Å². The first-order valence-corrected chi connectivity index (χ1v) is 10.8. The van der Waals surface area contributed by atoms with Crippen molar-refractivity contribution in [2.75, 3.05) is 4.90 Å². The number of nitrogens with zero attached hydrogens (tertiary/aromatic N) is 2. The van der Waals surface area contributed by atoms with Gasteiger partial charge in [-0.1, -0.05) is 85.4 Å². The van der Waals surface area contributed by atoms with Crippen LogP contribution in [0.5, 0.6) is 0 Å². The van der Waals surface area contributed by atoms with Crippen LogP contribution in [0.3, 0.4) is 0 Å². The van der Waals surface area contributed by atoms with Crippen molar-refractivity contribution in [3.63, 3.8) is 0 Å². The highest BCUT2D eigenvalue weighted by atomic mass is 15.1. The van der Waals surface area contributed by atoms with Crippen molar-refractivity contribution < 1.29 is 0 Å². The smallest absolute Gasteiger partial charge is 0.0562 e. The van der Waals surface area contributed by atoms with Crippen molar-refractivity contribution in [2.45, 2.75) is 0 Å². The molecule has 0 unspecified atom stereocenters. The van der Waals surface area contributed by atoms with Crippen LogP contribution in [0.1, 0.15) is 0 Å². The summed E-state index contributed by atoms with van der Waals surface area (Å²) >= 11 is 0. The minimum absolute atomic E-state index is 1.12. The molecule has 0 radical (unpaired) electrons. The molecular formula is C30H22N2. The molecule has 0 saturated heterocycles. The van der Waals surface area contributed by atoms with Crippen LogP contribution < -0.4 is 4.90 Å². The Kier molecular flexibility index (Phi) is 4.29.